The Kier molecular flexibility index (Phi) is 6.23. The quantitative estimate of drug-likeness (QED) is 0.557. The lowest BCUT2D eigenvalue weighted by molar-refractivity contribution is 0.0350. The largest absolute Gasteiger partial charge is 0.379 e. The van der Waals surface area contributed by atoms with Crippen LogP contribution in [0, 0.1) is 13.8 Å². The lowest BCUT2D eigenvalue weighted by atomic mass is 9.97. The highest BCUT2D eigenvalue weighted by molar-refractivity contribution is 7.80. The molecule has 5 rings (SSSR count). The molecule has 2 saturated heterocycles. The lowest BCUT2D eigenvalue weighted by Gasteiger charge is -2.32. The predicted octanol–water partition coefficient (Wildman–Crippen LogP) is 3.25. The van der Waals surface area contributed by atoms with Gasteiger partial charge in [-0.2, -0.15) is 0 Å². The number of thiocarbonyl (C=S) groups is 1. The van der Waals surface area contributed by atoms with Crippen LogP contribution in [-0.4, -0.2) is 68.8 Å². The molecule has 5 heterocycles. The third-order valence-electron chi connectivity index (χ3n) is 6.36. The van der Waals surface area contributed by atoms with Crippen LogP contribution < -0.4 is 5.32 Å². The number of aryl methyl sites for hydroxylation is 1. The summed E-state index contributed by atoms with van der Waals surface area (Å²) in [7, 11) is 0. The summed E-state index contributed by atoms with van der Waals surface area (Å²) >= 11 is 7.50. The van der Waals surface area contributed by atoms with Crippen molar-refractivity contribution in [3.05, 3.63) is 64.7 Å². The minimum Gasteiger partial charge on any atom is -0.379 e. The molecular weight excluding hydrogens is 440 g/mol. The summed E-state index contributed by atoms with van der Waals surface area (Å²) in [4.78, 5) is 14.0. The average Bonchev–Trinajstić information content (AvgIpc) is 3.52. The van der Waals surface area contributed by atoms with E-state index >= 15 is 0 Å². The van der Waals surface area contributed by atoms with E-state index in [0.29, 0.717) is 0 Å². The minimum absolute atomic E-state index is 0.00126. The Morgan fingerprint density at radius 3 is 2.72 bits per heavy atom. The van der Waals surface area contributed by atoms with E-state index in [4.69, 9.17) is 17.0 Å². The summed E-state index contributed by atoms with van der Waals surface area (Å²) < 4.78 is 7.76. The van der Waals surface area contributed by atoms with Crippen LogP contribution >= 0.6 is 23.6 Å². The molecule has 7 nitrogen and oxygen atoms in total. The van der Waals surface area contributed by atoms with Crippen molar-refractivity contribution < 1.29 is 4.74 Å². The highest BCUT2D eigenvalue weighted by Gasteiger charge is 2.41. The van der Waals surface area contributed by atoms with Gasteiger partial charge in [0.1, 0.15) is 0 Å². The van der Waals surface area contributed by atoms with Crippen molar-refractivity contribution >= 4 is 28.7 Å². The Morgan fingerprint density at radius 2 is 2.00 bits per heavy atom. The Morgan fingerprint density at radius 1 is 1.16 bits per heavy atom. The zero-order valence-corrected chi connectivity index (χ0v) is 20.0. The molecule has 168 valence electrons. The first-order valence-corrected chi connectivity index (χ1v) is 12.3. The van der Waals surface area contributed by atoms with E-state index < -0.39 is 0 Å². The van der Waals surface area contributed by atoms with Crippen LogP contribution in [0.3, 0.4) is 0 Å². The number of morpholine rings is 1. The molecule has 3 aromatic heterocycles. The van der Waals surface area contributed by atoms with Gasteiger partial charge in [-0.05, 0) is 49.8 Å². The van der Waals surface area contributed by atoms with Crippen molar-refractivity contribution in [2.24, 2.45) is 0 Å². The van der Waals surface area contributed by atoms with Gasteiger partial charge in [0.05, 0.1) is 31.0 Å². The van der Waals surface area contributed by atoms with E-state index in [1.165, 1.54) is 17.0 Å². The number of thiazole rings is 1. The molecular formula is C23H28N6OS2. The summed E-state index contributed by atoms with van der Waals surface area (Å²) in [6, 6.07) is 8.43. The van der Waals surface area contributed by atoms with Crippen LogP contribution in [0.1, 0.15) is 34.7 Å². The first-order chi connectivity index (χ1) is 15.6. The van der Waals surface area contributed by atoms with E-state index in [9.17, 15) is 0 Å². The van der Waals surface area contributed by atoms with Crippen LogP contribution in [0.15, 0.2) is 42.0 Å². The number of aromatic nitrogens is 3. The summed E-state index contributed by atoms with van der Waals surface area (Å²) in [5.41, 5.74) is 4.65. The smallest absolute Gasteiger partial charge is 0.193 e. The van der Waals surface area contributed by atoms with Crippen molar-refractivity contribution in [1.82, 2.24) is 29.7 Å². The molecule has 0 amide bonds. The molecule has 0 aliphatic carbocycles. The van der Waals surface area contributed by atoms with E-state index in [2.05, 4.69) is 55.6 Å². The molecule has 0 radical (unpaired) electrons. The van der Waals surface area contributed by atoms with Gasteiger partial charge in [-0.25, -0.2) is 4.98 Å². The Hall–Kier alpha value is -2.33. The third-order valence-corrected chi connectivity index (χ3v) is 7.47. The average molecular weight is 469 g/mol. The van der Waals surface area contributed by atoms with Gasteiger partial charge < -0.3 is 15.0 Å². The molecule has 0 spiro atoms. The second-order valence-corrected chi connectivity index (χ2v) is 9.51. The molecule has 1 N–H and O–H groups in total. The topological polar surface area (TPSA) is 58.5 Å². The fraction of sp³-hybridized carbons (Fsp3) is 0.435. The molecule has 3 aromatic rings. The number of pyridine rings is 1. The van der Waals surface area contributed by atoms with Crippen molar-refractivity contribution in [3.8, 4) is 5.13 Å². The van der Waals surface area contributed by atoms with Gasteiger partial charge in [0.2, 0.25) is 0 Å². The summed E-state index contributed by atoms with van der Waals surface area (Å²) in [6.45, 7) is 9.70. The zero-order valence-electron chi connectivity index (χ0n) is 18.4. The maximum absolute atomic E-state index is 5.85. The van der Waals surface area contributed by atoms with Gasteiger partial charge in [0.25, 0.3) is 0 Å². The first-order valence-electron chi connectivity index (χ1n) is 11.0. The number of hydrogen-bond donors (Lipinski definition) is 1. The minimum atomic E-state index is -0.00126. The van der Waals surface area contributed by atoms with Crippen molar-refractivity contribution in [2.75, 3.05) is 39.4 Å². The SMILES string of the molecule is Cc1cc([C@@H]2[C@@H](c3ccccn3)NC(=S)N2CCN2CCOCC2)c(C)n1-c1nccs1. The van der Waals surface area contributed by atoms with Crippen LogP contribution in [-0.2, 0) is 4.74 Å². The molecule has 0 saturated carbocycles. The number of nitrogens with zero attached hydrogens (tertiary/aromatic N) is 5. The molecule has 2 aliphatic rings. The molecule has 0 aromatic carbocycles. The Labute approximate surface area is 198 Å². The van der Waals surface area contributed by atoms with E-state index in [-0.39, 0.29) is 12.1 Å². The van der Waals surface area contributed by atoms with Crippen LogP contribution in [0.25, 0.3) is 5.13 Å². The fourth-order valence-electron chi connectivity index (χ4n) is 4.77. The molecule has 9 heteroatoms. The maximum atomic E-state index is 5.85. The number of hydrogen-bond acceptors (Lipinski definition) is 6. The van der Waals surface area contributed by atoms with Crippen molar-refractivity contribution in [3.63, 3.8) is 0 Å². The molecule has 32 heavy (non-hydrogen) atoms. The van der Waals surface area contributed by atoms with Crippen molar-refractivity contribution in [2.45, 2.75) is 25.9 Å². The van der Waals surface area contributed by atoms with Crippen molar-refractivity contribution in [1.29, 1.82) is 0 Å². The van der Waals surface area contributed by atoms with Gasteiger partial charge in [-0.15, -0.1) is 11.3 Å². The van der Waals surface area contributed by atoms with Gasteiger partial charge in [0, 0.05) is 55.3 Å². The third kappa shape index (κ3) is 4.05. The molecule has 2 atom stereocenters. The maximum Gasteiger partial charge on any atom is 0.193 e. The second kappa shape index (κ2) is 9.27. The van der Waals surface area contributed by atoms with E-state index in [1.807, 2.05) is 29.9 Å². The number of nitrogens with one attached hydrogen (secondary N) is 1. The van der Waals surface area contributed by atoms with E-state index in [0.717, 1.165) is 55.3 Å². The van der Waals surface area contributed by atoms with Crippen LogP contribution in [0.4, 0.5) is 0 Å². The van der Waals surface area contributed by atoms with E-state index in [1.54, 1.807) is 11.3 Å². The number of rotatable bonds is 6. The standard InChI is InChI=1S/C23H28N6OS2/c1-16-15-18(17(2)29(16)23-25-7-14-32-23)21-20(19-5-3-4-6-24-19)26-22(31)28(21)9-8-27-10-12-30-13-11-27/h3-7,14-15,20-21H,8-13H2,1-2H3,(H,26,31)/t20-,21-/m1/s1. The van der Waals surface area contributed by atoms with Crippen LogP contribution in [0.5, 0.6) is 0 Å². The highest BCUT2D eigenvalue weighted by Crippen LogP contribution is 2.41. The van der Waals surface area contributed by atoms with Gasteiger partial charge in [-0.3, -0.25) is 14.5 Å². The molecule has 2 aliphatic heterocycles. The van der Waals surface area contributed by atoms with Gasteiger partial charge in [-0.1, -0.05) is 6.07 Å². The highest BCUT2D eigenvalue weighted by atomic mass is 32.1. The monoisotopic (exact) mass is 468 g/mol. The lowest BCUT2D eigenvalue weighted by Crippen LogP contribution is -2.42. The van der Waals surface area contributed by atoms with Crippen LogP contribution in [0.2, 0.25) is 0 Å². The molecule has 2 fully saturated rings. The van der Waals surface area contributed by atoms with Gasteiger partial charge >= 0.3 is 0 Å². The molecule has 0 bridgehead atoms. The summed E-state index contributed by atoms with van der Waals surface area (Å²) in [5.74, 6) is 0. The fourth-order valence-corrected chi connectivity index (χ4v) is 5.85. The number of ether oxygens (including phenoxy) is 1. The second-order valence-electron chi connectivity index (χ2n) is 8.25. The summed E-state index contributed by atoms with van der Waals surface area (Å²) in [6.07, 6.45) is 3.71. The Bertz CT molecular complexity index is 1060. The normalized spacial score (nSPS) is 21.8. The first kappa shape index (κ1) is 21.5. The predicted molar refractivity (Wildman–Crippen MR) is 130 cm³/mol. The Balaban J connectivity index is 1.51. The zero-order chi connectivity index (χ0) is 22.1. The summed E-state index contributed by atoms with van der Waals surface area (Å²) in [5, 5.41) is 7.38. The van der Waals surface area contributed by atoms with Gasteiger partial charge in [0.15, 0.2) is 10.2 Å². The molecule has 0 unspecified atom stereocenters.